The number of H-pyrrole nitrogens is 1. The van der Waals surface area contributed by atoms with Gasteiger partial charge in [-0.05, 0) is 30.4 Å². The Morgan fingerprint density at radius 1 is 1.25 bits per heavy atom. The first-order valence-corrected chi connectivity index (χ1v) is 9.21. The molecule has 4 atom stereocenters. The number of hydrogen-bond acceptors (Lipinski definition) is 1. The number of aromatic amines is 1. The number of nitrogens with one attached hydrogen (secondary N) is 1. The molecule has 0 spiro atoms. The molecule has 2 aliphatic heterocycles. The van der Waals surface area contributed by atoms with Gasteiger partial charge < -0.3 is 27.0 Å². The molecule has 4 heteroatoms. The average Bonchev–Trinajstić information content (AvgIpc) is 2.93. The van der Waals surface area contributed by atoms with Crippen LogP contribution in [0.25, 0.3) is 10.9 Å². The number of rotatable bonds is 3. The fraction of sp³-hybridized carbons (Fsp3) is 0.600. The number of aromatic nitrogens is 1. The van der Waals surface area contributed by atoms with Gasteiger partial charge in [0.15, 0.2) is 0 Å². The summed E-state index contributed by atoms with van der Waals surface area (Å²) in [7, 11) is 2.46. The molecule has 1 unspecified atom stereocenters. The fourth-order valence-electron chi connectivity index (χ4n) is 5.35. The van der Waals surface area contributed by atoms with Crippen molar-refractivity contribution in [3.8, 4) is 0 Å². The minimum absolute atomic E-state index is 0. The van der Waals surface area contributed by atoms with Gasteiger partial charge in [0.05, 0.1) is 25.8 Å². The fourth-order valence-corrected chi connectivity index (χ4v) is 5.35. The molecule has 1 saturated heterocycles. The average molecular weight is 349 g/mol. The Morgan fingerprint density at radius 3 is 2.79 bits per heavy atom. The predicted molar refractivity (Wildman–Crippen MR) is 94.3 cm³/mol. The first-order chi connectivity index (χ1) is 11.2. The van der Waals surface area contributed by atoms with E-state index < -0.39 is 0 Å². The van der Waals surface area contributed by atoms with E-state index >= 15 is 0 Å². The summed E-state index contributed by atoms with van der Waals surface area (Å²) < 4.78 is 1.18. The molecular weight excluding hydrogens is 320 g/mol. The third-order valence-electron chi connectivity index (χ3n) is 6.67. The van der Waals surface area contributed by atoms with E-state index in [2.05, 4.69) is 43.2 Å². The summed E-state index contributed by atoms with van der Waals surface area (Å²) in [4.78, 5) is 3.76. The second-order valence-corrected chi connectivity index (χ2v) is 7.89. The van der Waals surface area contributed by atoms with Gasteiger partial charge in [-0.2, -0.15) is 0 Å². The third-order valence-corrected chi connectivity index (χ3v) is 6.67. The van der Waals surface area contributed by atoms with Crippen molar-refractivity contribution in [2.75, 3.05) is 26.7 Å². The lowest BCUT2D eigenvalue weighted by Gasteiger charge is -2.52. The summed E-state index contributed by atoms with van der Waals surface area (Å²) >= 11 is 0. The van der Waals surface area contributed by atoms with Crippen molar-refractivity contribution in [1.82, 2.24) is 4.98 Å². The molecule has 1 aromatic heterocycles. The van der Waals surface area contributed by atoms with Gasteiger partial charge in [-0.1, -0.05) is 25.1 Å². The maximum atomic E-state index is 9.49. The van der Waals surface area contributed by atoms with E-state index in [-0.39, 0.29) is 12.4 Å². The van der Waals surface area contributed by atoms with Crippen molar-refractivity contribution >= 4 is 10.9 Å². The van der Waals surface area contributed by atoms with E-state index in [0.717, 1.165) is 12.3 Å². The van der Waals surface area contributed by atoms with Gasteiger partial charge in [-0.25, -0.2) is 0 Å². The monoisotopic (exact) mass is 348 g/mol. The summed E-state index contributed by atoms with van der Waals surface area (Å²) in [5, 5.41) is 10.9. The van der Waals surface area contributed by atoms with Crippen LogP contribution in [-0.2, 0) is 6.42 Å². The summed E-state index contributed by atoms with van der Waals surface area (Å²) in [6.45, 7) is 5.17. The summed E-state index contributed by atoms with van der Waals surface area (Å²) in [6, 6.07) is 9.33. The number of para-hydroxylation sites is 1. The van der Waals surface area contributed by atoms with Crippen molar-refractivity contribution in [2.45, 2.75) is 38.6 Å². The number of likely N-dealkylation sites (N-methyl/N-ethyl adjacent to an activating group) is 1. The molecule has 1 fully saturated rings. The van der Waals surface area contributed by atoms with Gasteiger partial charge in [0.2, 0.25) is 0 Å². The normalized spacial score (nSPS) is 32.0. The lowest BCUT2D eigenvalue weighted by atomic mass is 9.74. The maximum absolute atomic E-state index is 9.49. The van der Waals surface area contributed by atoms with Gasteiger partial charge in [-0.3, -0.25) is 0 Å². The number of benzene rings is 1. The lowest BCUT2D eigenvalue weighted by molar-refractivity contribution is -0.951. The molecule has 4 rings (SSSR count). The number of halogens is 1. The number of fused-ring (bicyclic) bond motifs is 5. The first-order valence-electron chi connectivity index (χ1n) is 9.21. The lowest BCUT2D eigenvalue weighted by Crippen LogP contribution is -3.00. The number of hydrogen-bond donors (Lipinski definition) is 2. The molecule has 1 aromatic carbocycles. The zero-order chi connectivity index (χ0) is 16.0. The second kappa shape index (κ2) is 6.70. The van der Waals surface area contributed by atoms with Crippen LogP contribution >= 0.6 is 0 Å². The van der Waals surface area contributed by atoms with Gasteiger partial charge >= 0.3 is 0 Å². The van der Waals surface area contributed by atoms with E-state index in [1.807, 2.05) is 0 Å². The molecule has 3 nitrogen and oxygen atoms in total. The van der Waals surface area contributed by atoms with E-state index in [1.165, 1.54) is 53.4 Å². The SMILES string of the molecule is CC[C@H]1C[N+]2(C)CCc3c([nH]c4ccccc34)[C@H]2C[C@@H]1CCO.[Cl-]. The van der Waals surface area contributed by atoms with Gasteiger partial charge in [0.1, 0.15) is 6.04 Å². The number of piperidine rings is 1. The Morgan fingerprint density at radius 2 is 2.04 bits per heavy atom. The van der Waals surface area contributed by atoms with E-state index in [9.17, 15) is 5.11 Å². The van der Waals surface area contributed by atoms with E-state index in [0.29, 0.717) is 18.6 Å². The highest BCUT2D eigenvalue weighted by atomic mass is 35.5. The molecule has 0 bridgehead atoms. The van der Waals surface area contributed by atoms with Crippen LogP contribution in [0.5, 0.6) is 0 Å². The summed E-state index contributed by atoms with van der Waals surface area (Å²) in [5.74, 6) is 1.42. The van der Waals surface area contributed by atoms with Crippen LogP contribution in [0.4, 0.5) is 0 Å². The van der Waals surface area contributed by atoms with Crippen molar-refractivity contribution in [3.05, 3.63) is 35.5 Å². The molecule has 2 N–H and O–H groups in total. The molecule has 2 aromatic rings. The van der Waals surface area contributed by atoms with Crippen LogP contribution in [0.3, 0.4) is 0 Å². The second-order valence-electron chi connectivity index (χ2n) is 7.89. The smallest absolute Gasteiger partial charge is 0.130 e. The molecule has 132 valence electrons. The topological polar surface area (TPSA) is 36.0 Å². The van der Waals surface area contributed by atoms with Crippen molar-refractivity contribution in [3.63, 3.8) is 0 Å². The van der Waals surface area contributed by atoms with Crippen molar-refractivity contribution < 1.29 is 22.0 Å². The minimum Gasteiger partial charge on any atom is -1.00 e. The predicted octanol–water partition coefficient (Wildman–Crippen LogP) is 0.644. The number of aliphatic hydroxyl groups excluding tert-OH is 1. The Kier molecular flexibility index (Phi) is 4.96. The van der Waals surface area contributed by atoms with E-state index in [4.69, 9.17) is 0 Å². The molecular formula is C20H29ClN2O. The van der Waals surface area contributed by atoms with Gasteiger partial charge in [0.25, 0.3) is 0 Å². The van der Waals surface area contributed by atoms with Crippen LogP contribution in [-0.4, -0.2) is 41.3 Å². The number of aliphatic hydroxyl groups is 1. The third kappa shape index (κ3) is 2.67. The quantitative estimate of drug-likeness (QED) is 0.785. The Balaban J connectivity index is 0.00000169. The largest absolute Gasteiger partial charge is 1.00 e. The van der Waals surface area contributed by atoms with E-state index in [1.54, 1.807) is 5.56 Å². The molecule has 2 aliphatic rings. The molecule has 3 heterocycles. The molecule has 24 heavy (non-hydrogen) atoms. The van der Waals surface area contributed by atoms with Crippen molar-refractivity contribution in [2.24, 2.45) is 11.8 Å². The highest BCUT2D eigenvalue weighted by molar-refractivity contribution is 5.85. The van der Waals surface area contributed by atoms with Crippen LogP contribution in [0.15, 0.2) is 24.3 Å². The Labute approximate surface area is 151 Å². The number of quaternary nitrogens is 1. The highest BCUT2D eigenvalue weighted by Crippen LogP contribution is 2.48. The van der Waals surface area contributed by atoms with Crippen LogP contribution in [0.1, 0.15) is 43.5 Å². The minimum atomic E-state index is 0. The number of nitrogens with zero attached hydrogens (tertiary/aromatic N) is 1. The first kappa shape index (κ1) is 17.8. The zero-order valence-corrected chi connectivity index (χ0v) is 15.5. The van der Waals surface area contributed by atoms with Gasteiger partial charge in [-0.15, -0.1) is 0 Å². The van der Waals surface area contributed by atoms with Crippen LogP contribution in [0.2, 0.25) is 0 Å². The Hall–Kier alpha value is -1.03. The highest BCUT2D eigenvalue weighted by Gasteiger charge is 2.48. The van der Waals surface area contributed by atoms with Gasteiger partial charge in [0, 0.05) is 36.3 Å². The zero-order valence-electron chi connectivity index (χ0n) is 14.8. The van der Waals surface area contributed by atoms with Crippen molar-refractivity contribution in [1.29, 1.82) is 0 Å². The molecule has 0 aliphatic carbocycles. The maximum Gasteiger partial charge on any atom is 0.130 e. The van der Waals surface area contributed by atoms with Crippen LogP contribution < -0.4 is 12.4 Å². The summed E-state index contributed by atoms with van der Waals surface area (Å²) in [5.41, 5.74) is 4.33. The summed E-state index contributed by atoms with van der Waals surface area (Å²) in [6.07, 6.45) is 4.61. The molecule has 0 radical (unpaired) electrons. The molecule has 0 saturated carbocycles. The van der Waals surface area contributed by atoms with Crippen LogP contribution in [0, 0.1) is 11.8 Å². The Bertz CT molecular complexity index is 713. The molecule has 0 amide bonds. The standard InChI is InChI=1S/C20H29N2O.ClH/c1-3-14-13-22(2)10-8-17-16-6-4-5-7-18(16)21-20(17)19(22)12-15(14)9-11-23;/h4-7,14-15,19,21,23H,3,8-13H2,1-2H3;1H/q+1;/p-1/t14-,15-,19+,22?;/m0./s1.